The van der Waals surface area contributed by atoms with E-state index in [9.17, 15) is 28.3 Å². The molecule has 3 aromatic rings. The lowest BCUT2D eigenvalue weighted by molar-refractivity contribution is -0.131. The summed E-state index contributed by atoms with van der Waals surface area (Å²) >= 11 is 0. The van der Waals surface area contributed by atoms with E-state index in [2.05, 4.69) is 10.6 Å². The maximum absolute atomic E-state index is 13.4. The number of benzene rings is 3. The monoisotopic (exact) mass is 493 g/mol. The van der Waals surface area contributed by atoms with Crippen LogP contribution in [-0.4, -0.2) is 35.9 Å². The number of halogens is 2. The van der Waals surface area contributed by atoms with Crippen molar-refractivity contribution >= 4 is 23.4 Å². The van der Waals surface area contributed by atoms with Crippen molar-refractivity contribution in [1.82, 2.24) is 10.6 Å². The SMILES string of the molecule is CC(CC(=O)N[C@@H]1C(=O)N(C)c2ccccc2-c2ccccc21)NC(=O)[C@@H](O)c1cc(F)cc(F)c1. The molecule has 0 spiro atoms. The predicted molar refractivity (Wildman–Crippen MR) is 130 cm³/mol. The summed E-state index contributed by atoms with van der Waals surface area (Å²) in [4.78, 5) is 40.1. The van der Waals surface area contributed by atoms with Gasteiger partial charge in [-0.05, 0) is 41.8 Å². The van der Waals surface area contributed by atoms with E-state index in [-0.39, 0.29) is 17.9 Å². The highest BCUT2D eigenvalue weighted by atomic mass is 19.1. The van der Waals surface area contributed by atoms with Gasteiger partial charge in [0.2, 0.25) is 5.91 Å². The fraction of sp³-hybridized carbons (Fsp3) is 0.222. The largest absolute Gasteiger partial charge is 0.378 e. The Morgan fingerprint density at radius 2 is 1.61 bits per heavy atom. The molecule has 1 unspecified atom stereocenters. The Morgan fingerprint density at radius 1 is 1.00 bits per heavy atom. The standard InChI is InChI=1S/C27H25F2N3O4/c1-15(30-26(35)25(34)16-12-17(28)14-18(29)13-16)11-23(33)31-24-21-9-4-3-7-19(21)20-8-5-6-10-22(20)32(2)27(24)36/h3-10,12-15,24-25,34H,11H2,1-2H3,(H,30,35)(H,31,33)/t15?,24-,25-/m0/s1. The van der Waals surface area contributed by atoms with Crippen LogP contribution >= 0.6 is 0 Å². The molecule has 0 bridgehead atoms. The van der Waals surface area contributed by atoms with Crippen molar-refractivity contribution < 1.29 is 28.3 Å². The number of nitrogens with zero attached hydrogens (tertiary/aromatic N) is 1. The van der Waals surface area contributed by atoms with Crippen LogP contribution in [0.3, 0.4) is 0 Å². The third-order valence-corrected chi connectivity index (χ3v) is 6.04. The average Bonchev–Trinajstić information content (AvgIpc) is 2.92. The zero-order valence-corrected chi connectivity index (χ0v) is 19.7. The molecule has 3 amide bonds. The minimum atomic E-state index is -1.82. The summed E-state index contributed by atoms with van der Waals surface area (Å²) in [6.07, 6.45) is -2.01. The molecule has 3 atom stereocenters. The number of nitrogens with one attached hydrogen (secondary N) is 2. The normalized spacial score (nSPS) is 16.3. The molecule has 3 N–H and O–H groups in total. The second kappa shape index (κ2) is 10.2. The third-order valence-electron chi connectivity index (χ3n) is 6.04. The van der Waals surface area contributed by atoms with Crippen LogP contribution in [0, 0.1) is 11.6 Å². The van der Waals surface area contributed by atoms with Gasteiger partial charge in [-0.2, -0.15) is 0 Å². The first-order valence-corrected chi connectivity index (χ1v) is 11.4. The van der Waals surface area contributed by atoms with Gasteiger partial charge >= 0.3 is 0 Å². The lowest BCUT2D eigenvalue weighted by atomic mass is 9.95. The molecule has 0 aliphatic carbocycles. The molecule has 0 saturated carbocycles. The first kappa shape index (κ1) is 25.0. The van der Waals surface area contributed by atoms with E-state index < -0.39 is 41.6 Å². The molecule has 0 saturated heterocycles. The van der Waals surface area contributed by atoms with Gasteiger partial charge in [0.25, 0.3) is 11.8 Å². The van der Waals surface area contributed by atoms with Crippen molar-refractivity contribution in [3.05, 3.63) is 89.5 Å². The number of fused-ring (bicyclic) bond motifs is 3. The van der Waals surface area contributed by atoms with E-state index in [1.54, 1.807) is 26.1 Å². The van der Waals surface area contributed by atoms with Crippen LogP contribution in [0.4, 0.5) is 14.5 Å². The molecule has 1 aliphatic rings. The highest BCUT2D eigenvalue weighted by Crippen LogP contribution is 2.39. The number of likely N-dealkylation sites (N-methyl/N-ethyl adjacent to an activating group) is 1. The lowest BCUT2D eigenvalue weighted by Gasteiger charge is -2.24. The van der Waals surface area contributed by atoms with Crippen LogP contribution < -0.4 is 15.5 Å². The van der Waals surface area contributed by atoms with Crippen molar-refractivity contribution in [3.8, 4) is 11.1 Å². The Hall–Kier alpha value is -4.11. The van der Waals surface area contributed by atoms with Crippen LogP contribution in [-0.2, 0) is 14.4 Å². The van der Waals surface area contributed by atoms with Crippen LogP contribution in [0.1, 0.15) is 36.6 Å². The summed E-state index contributed by atoms with van der Waals surface area (Å²) in [5.74, 6) is -3.58. The fourth-order valence-electron chi connectivity index (χ4n) is 4.33. The van der Waals surface area contributed by atoms with Gasteiger partial charge in [0.15, 0.2) is 6.10 Å². The third kappa shape index (κ3) is 5.11. The van der Waals surface area contributed by atoms with Gasteiger partial charge in [0.05, 0.1) is 5.69 Å². The molecule has 3 aromatic carbocycles. The minimum Gasteiger partial charge on any atom is -0.378 e. The van der Waals surface area contributed by atoms with E-state index >= 15 is 0 Å². The fourth-order valence-corrected chi connectivity index (χ4v) is 4.33. The predicted octanol–water partition coefficient (Wildman–Crippen LogP) is 3.39. The second-order valence-electron chi connectivity index (χ2n) is 8.72. The molecule has 0 aromatic heterocycles. The summed E-state index contributed by atoms with van der Waals surface area (Å²) in [5.41, 5.74) is 2.81. The summed E-state index contributed by atoms with van der Waals surface area (Å²) in [7, 11) is 1.64. The Morgan fingerprint density at radius 3 is 2.31 bits per heavy atom. The van der Waals surface area contributed by atoms with Crippen LogP contribution in [0.2, 0.25) is 0 Å². The maximum atomic E-state index is 13.4. The number of hydrogen-bond acceptors (Lipinski definition) is 4. The molecule has 4 rings (SSSR count). The van der Waals surface area contributed by atoms with E-state index in [1.807, 2.05) is 36.4 Å². The molecular formula is C27H25F2N3O4. The van der Waals surface area contributed by atoms with E-state index in [0.717, 1.165) is 28.9 Å². The van der Waals surface area contributed by atoms with Gasteiger partial charge in [-0.1, -0.05) is 42.5 Å². The second-order valence-corrected chi connectivity index (χ2v) is 8.72. The van der Waals surface area contributed by atoms with Gasteiger partial charge in [0.1, 0.15) is 17.7 Å². The van der Waals surface area contributed by atoms with Crippen molar-refractivity contribution in [3.63, 3.8) is 0 Å². The summed E-state index contributed by atoms with van der Waals surface area (Å²) < 4.78 is 26.8. The van der Waals surface area contributed by atoms with E-state index in [0.29, 0.717) is 11.6 Å². The van der Waals surface area contributed by atoms with E-state index in [4.69, 9.17) is 0 Å². The maximum Gasteiger partial charge on any atom is 0.253 e. The van der Waals surface area contributed by atoms with E-state index in [1.165, 1.54) is 4.90 Å². The zero-order valence-electron chi connectivity index (χ0n) is 19.7. The van der Waals surface area contributed by atoms with Crippen LogP contribution in [0.25, 0.3) is 11.1 Å². The topological polar surface area (TPSA) is 98.7 Å². The molecule has 9 heteroatoms. The number of aliphatic hydroxyl groups excluding tert-OH is 1. The minimum absolute atomic E-state index is 0.196. The number of anilines is 1. The van der Waals surface area contributed by atoms with Gasteiger partial charge in [-0.15, -0.1) is 0 Å². The number of rotatable bonds is 6. The Balaban J connectivity index is 1.46. The quantitative estimate of drug-likeness (QED) is 0.490. The lowest BCUT2D eigenvalue weighted by Crippen LogP contribution is -2.44. The van der Waals surface area contributed by atoms with Crippen LogP contribution in [0.5, 0.6) is 0 Å². The molecule has 1 heterocycles. The molecule has 0 fully saturated rings. The van der Waals surface area contributed by atoms with Crippen molar-refractivity contribution in [2.75, 3.05) is 11.9 Å². The van der Waals surface area contributed by atoms with Crippen molar-refractivity contribution in [1.29, 1.82) is 0 Å². The number of hydrogen-bond donors (Lipinski definition) is 3. The Kier molecular flexibility index (Phi) is 7.12. The first-order valence-electron chi connectivity index (χ1n) is 11.4. The number of carbonyl (C=O) groups excluding carboxylic acids is 3. The summed E-state index contributed by atoms with van der Waals surface area (Å²) in [6.45, 7) is 1.54. The Labute approximate surface area is 206 Å². The average molecular weight is 494 g/mol. The highest BCUT2D eigenvalue weighted by molar-refractivity contribution is 6.06. The molecular weight excluding hydrogens is 468 g/mol. The molecule has 0 radical (unpaired) electrons. The number of carbonyl (C=O) groups is 3. The summed E-state index contributed by atoms with van der Waals surface area (Å²) in [5, 5.41) is 15.4. The molecule has 7 nitrogen and oxygen atoms in total. The van der Waals surface area contributed by atoms with Gasteiger partial charge in [-0.25, -0.2) is 8.78 Å². The molecule has 1 aliphatic heterocycles. The van der Waals surface area contributed by atoms with Crippen molar-refractivity contribution in [2.24, 2.45) is 0 Å². The smallest absolute Gasteiger partial charge is 0.253 e. The molecule has 186 valence electrons. The zero-order chi connectivity index (χ0) is 26.0. The number of amides is 3. The van der Waals surface area contributed by atoms with Crippen molar-refractivity contribution in [2.45, 2.75) is 31.5 Å². The number of aliphatic hydroxyl groups is 1. The summed E-state index contributed by atoms with van der Waals surface area (Å²) in [6, 6.07) is 15.4. The molecule has 36 heavy (non-hydrogen) atoms. The van der Waals surface area contributed by atoms with Gasteiger partial charge in [0, 0.05) is 31.1 Å². The Bertz CT molecular complexity index is 1310. The van der Waals surface area contributed by atoms with Crippen LogP contribution in [0.15, 0.2) is 66.7 Å². The van der Waals surface area contributed by atoms with Gasteiger partial charge in [-0.3, -0.25) is 14.4 Å². The highest BCUT2D eigenvalue weighted by Gasteiger charge is 2.33. The van der Waals surface area contributed by atoms with Gasteiger partial charge < -0.3 is 20.6 Å². The number of para-hydroxylation sites is 1. The first-order chi connectivity index (χ1) is 17.2.